The SMILES string of the molecule is C[C@H](N)c1ccccc1OCC1(CC#N)CC1. The summed E-state index contributed by atoms with van der Waals surface area (Å²) in [4.78, 5) is 0. The zero-order chi connectivity index (χ0) is 12.3. The smallest absolute Gasteiger partial charge is 0.124 e. The fourth-order valence-corrected chi connectivity index (χ4v) is 1.94. The first-order valence-electron chi connectivity index (χ1n) is 6.01. The van der Waals surface area contributed by atoms with Crippen molar-refractivity contribution in [3.8, 4) is 11.8 Å². The number of rotatable bonds is 5. The molecule has 1 fully saturated rings. The molecule has 1 aliphatic carbocycles. The minimum absolute atomic E-state index is 0.0303. The summed E-state index contributed by atoms with van der Waals surface area (Å²) >= 11 is 0. The Balaban J connectivity index is 2.02. The van der Waals surface area contributed by atoms with Crippen LogP contribution in [0.2, 0.25) is 0 Å². The lowest BCUT2D eigenvalue weighted by Gasteiger charge is -2.17. The molecule has 0 aromatic heterocycles. The first kappa shape index (κ1) is 11.9. The van der Waals surface area contributed by atoms with Gasteiger partial charge >= 0.3 is 0 Å². The van der Waals surface area contributed by atoms with Gasteiger partial charge in [0.05, 0.1) is 12.7 Å². The van der Waals surface area contributed by atoms with E-state index in [1.807, 2.05) is 31.2 Å². The van der Waals surface area contributed by atoms with E-state index in [0.29, 0.717) is 13.0 Å². The summed E-state index contributed by atoms with van der Waals surface area (Å²) < 4.78 is 5.85. The molecular weight excluding hydrogens is 212 g/mol. The minimum atomic E-state index is -0.0303. The molecular formula is C14H18N2O. The molecule has 0 spiro atoms. The lowest BCUT2D eigenvalue weighted by molar-refractivity contribution is 0.234. The third kappa shape index (κ3) is 2.78. The summed E-state index contributed by atoms with van der Waals surface area (Å²) in [5.41, 5.74) is 7.03. The average molecular weight is 230 g/mol. The molecule has 0 amide bonds. The number of ether oxygens (including phenoxy) is 1. The van der Waals surface area contributed by atoms with Crippen molar-refractivity contribution in [1.82, 2.24) is 0 Å². The zero-order valence-electron chi connectivity index (χ0n) is 10.1. The molecule has 1 atom stereocenters. The largest absolute Gasteiger partial charge is 0.493 e. The van der Waals surface area contributed by atoms with E-state index < -0.39 is 0 Å². The Labute approximate surface area is 102 Å². The van der Waals surface area contributed by atoms with Gasteiger partial charge in [0.2, 0.25) is 0 Å². The van der Waals surface area contributed by atoms with Gasteiger partial charge in [-0.15, -0.1) is 0 Å². The highest BCUT2D eigenvalue weighted by atomic mass is 16.5. The lowest BCUT2D eigenvalue weighted by Crippen LogP contribution is -2.15. The molecule has 0 bridgehead atoms. The Hall–Kier alpha value is -1.53. The maximum atomic E-state index is 8.76. The molecule has 3 heteroatoms. The molecule has 2 rings (SSSR count). The van der Waals surface area contributed by atoms with Crippen molar-refractivity contribution in [2.45, 2.75) is 32.2 Å². The zero-order valence-corrected chi connectivity index (χ0v) is 10.1. The summed E-state index contributed by atoms with van der Waals surface area (Å²) in [7, 11) is 0. The van der Waals surface area contributed by atoms with Crippen molar-refractivity contribution < 1.29 is 4.74 Å². The molecule has 0 aliphatic heterocycles. The maximum Gasteiger partial charge on any atom is 0.124 e. The molecule has 1 saturated carbocycles. The molecule has 2 N–H and O–H groups in total. The van der Waals surface area contributed by atoms with Gasteiger partial charge in [0, 0.05) is 23.4 Å². The highest BCUT2D eigenvalue weighted by Gasteiger charge is 2.43. The van der Waals surface area contributed by atoms with Gasteiger partial charge in [-0.05, 0) is 25.8 Å². The third-order valence-corrected chi connectivity index (χ3v) is 3.35. The van der Waals surface area contributed by atoms with E-state index in [9.17, 15) is 0 Å². The molecule has 0 unspecified atom stereocenters. The van der Waals surface area contributed by atoms with Crippen LogP contribution < -0.4 is 10.5 Å². The fourth-order valence-electron chi connectivity index (χ4n) is 1.94. The summed E-state index contributed by atoms with van der Waals surface area (Å²) in [6.45, 7) is 2.58. The summed E-state index contributed by atoms with van der Waals surface area (Å²) in [5, 5.41) is 8.76. The fraction of sp³-hybridized carbons (Fsp3) is 0.500. The quantitative estimate of drug-likeness (QED) is 0.846. The van der Waals surface area contributed by atoms with E-state index in [0.717, 1.165) is 24.2 Å². The van der Waals surface area contributed by atoms with E-state index in [1.54, 1.807) is 0 Å². The van der Waals surface area contributed by atoms with Crippen molar-refractivity contribution in [2.24, 2.45) is 11.1 Å². The van der Waals surface area contributed by atoms with E-state index >= 15 is 0 Å². The van der Waals surface area contributed by atoms with Gasteiger partial charge in [-0.3, -0.25) is 0 Å². The van der Waals surface area contributed by atoms with Crippen molar-refractivity contribution in [1.29, 1.82) is 5.26 Å². The van der Waals surface area contributed by atoms with Crippen LogP contribution in [-0.2, 0) is 0 Å². The van der Waals surface area contributed by atoms with Crippen LogP contribution in [-0.4, -0.2) is 6.61 Å². The van der Waals surface area contributed by atoms with Crippen LogP contribution in [0, 0.1) is 16.7 Å². The van der Waals surface area contributed by atoms with Crippen LogP contribution in [0.1, 0.15) is 37.8 Å². The van der Waals surface area contributed by atoms with E-state index in [-0.39, 0.29) is 11.5 Å². The number of nitriles is 1. The van der Waals surface area contributed by atoms with E-state index in [1.165, 1.54) is 0 Å². The van der Waals surface area contributed by atoms with Crippen LogP contribution in [0.15, 0.2) is 24.3 Å². The first-order chi connectivity index (χ1) is 8.17. The Morgan fingerprint density at radius 2 is 2.18 bits per heavy atom. The van der Waals surface area contributed by atoms with Gasteiger partial charge in [0.25, 0.3) is 0 Å². The van der Waals surface area contributed by atoms with Crippen LogP contribution >= 0.6 is 0 Å². The van der Waals surface area contributed by atoms with Gasteiger partial charge in [-0.25, -0.2) is 0 Å². The second-order valence-corrected chi connectivity index (χ2v) is 4.95. The van der Waals surface area contributed by atoms with E-state index in [4.69, 9.17) is 15.7 Å². The Morgan fingerprint density at radius 1 is 1.47 bits per heavy atom. The lowest BCUT2D eigenvalue weighted by atomic mass is 10.0. The van der Waals surface area contributed by atoms with Crippen LogP contribution in [0.5, 0.6) is 5.75 Å². The van der Waals surface area contributed by atoms with Crippen molar-refractivity contribution in [3.63, 3.8) is 0 Å². The van der Waals surface area contributed by atoms with Gasteiger partial charge in [0.1, 0.15) is 5.75 Å². The number of para-hydroxylation sites is 1. The molecule has 0 saturated heterocycles. The highest BCUT2D eigenvalue weighted by Crippen LogP contribution is 2.48. The summed E-state index contributed by atoms with van der Waals surface area (Å²) in [6.07, 6.45) is 2.79. The second kappa shape index (κ2) is 4.77. The Kier molecular flexibility index (Phi) is 3.35. The molecule has 90 valence electrons. The van der Waals surface area contributed by atoms with Gasteiger partial charge in [-0.2, -0.15) is 5.26 Å². The molecule has 3 nitrogen and oxygen atoms in total. The standard InChI is InChI=1S/C14H18N2O/c1-11(16)12-4-2-3-5-13(12)17-10-14(6-7-14)8-9-15/h2-5,11H,6-8,10,16H2,1H3/t11-/m0/s1. The Bertz CT molecular complexity index is 430. The molecule has 0 heterocycles. The molecule has 0 radical (unpaired) electrons. The summed E-state index contributed by atoms with van der Waals surface area (Å²) in [5.74, 6) is 0.853. The highest BCUT2D eigenvalue weighted by molar-refractivity contribution is 5.35. The minimum Gasteiger partial charge on any atom is -0.493 e. The van der Waals surface area contributed by atoms with Crippen molar-refractivity contribution in [3.05, 3.63) is 29.8 Å². The summed E-state index contributed by atoms with van der Waals surface area (Å²) in [6, 6.07) is 10.1. The molecule has 1 aliphatic rings. The normalized spacial score (nSPS) is 18.2. The van der Waals surface area contributed by atoms with Crippen LogP contribution in [0.3, 0.4) is 0 Å². The van der Waals surface area contributed by atoms with Gasteiger partial charge in [-0.1, -0.05) is 18.2 Å². The van der Waals surface area contributed by atoms with Crippen molar-refractivity contribution in [2.75, 3.05) is 6.61 Å². The van der Waals surface area contributed by atoms with Gasteiger partial charge in [0.15, 0.2) is 0 Å². The predicted molar refractivity (Wildman–Crippen MR) is 66.4 cm³/mol. The average Bonchev–Trinajstić information content (AvgIpc) is 3.08. The second-order valence-electron chi connectivity index (χ2n) is 4.95. The van der Waals surface area contributed by atoms with Crippen molar-refractivity contribution >= 4 is 0 Å². The number of hydrogen-bond donors (Lipinski definition) is 1. The van der Waals surface area contributed by atoms with E-state index in [2.05, 4.69) is 6.07 Å². The number of nitrogens with zero attached hydrogens (tertiary/aromatic N) is 1. The maximum absolute atomic E-state index is 8.76. The van der Waals surface area contributed by atoms with Gasteiger partial charge < -0.3 is 10.5 Å². The third-order valence-electron chi connectivity index (χ3n) is 3.35. The molecule has 1 aromatic rings. The molecule has 17 heavy (non-hydrogen) atoms. The molecule has 1 aromatic carbocycles. The Morgan fingerprint density at radius 3 is 2.76 bits per heavy atom. The number of benzene rings is 1. The van der Waals surface area contributed by atoms with Crippen LogP contribution in [0.25, 0.3) is 0 Å². The predicted octanol–water partition coefficient (Wildman–Crippen LogP) is 2.78. The first-order valence-corrected chi connectivity index (χ1v) is 6.01. The topological polar surface area (TPSA) is 59.0 Å². The van der Waals surface area contributed by atoms with Crippen LogP contribution in [0.4, 0.5) is 0 Å². The monoisotopic (exact) mass is 230 g/mol. The number of nitrogens with two attached hydrogens (primary N) is 1. The number of hydrogen-bond acceptors (Lipinski definition) is 3.